The van der Waals surface area contributed by atoms with Gasteiger partial charge >= 0.3 is 0 Å². The number of carbonyl (C=O) groups excluding carboxylic acids is 1. The lowest BCUT2D eigenvalue weighted by molar-refractivity contribution is -0.682. The molecular formula is C23H24N3OS+. The molecule has 5 heteroatoms. The number of rotatable bonds is 6. The van der Waals surface area contributed by atoms with Crippen molar-refractivity contribution in [2.24, 2.45) is 0 Å². The smallest absolute Gasteiger partial charge is 0.277 e. The number of carbonyl (C=O) groups is 1. The summed E-state index contributed by atoms with van der Waals surface area (Å²) in [5, 5.41) is 5.57. The van der Waals surface area contributed by atoms with Crippen molar-refractivity contribution in [1.82, 2.24) is 9.88 Å². The van der Waals surface area contributed by atoms with Gasteiger partial charge in [-0.05, 0) is 29.8 Å². The average molecular weight is 391 g/mol. The first-order valence-corrected chi connectivity index (χ1v) is 10.3. The highest BCUT2D eigenvalue weighted by Gasteiger charge is 2.17. The van der Waals surface area contributed by atoms with Crippen LogP contribution in [0.5, 0.6) is 0 Å². The van der Waals surface area contributed by atoms with Crippen LogP contribution in [0, 0.1) is 0 Å². The largest absolute Gasteiger partial charge is 0.334 e. The number of hydrogen-bond acceptors (Lipinski definition) is 3. The van der Waals surface area contributed by atoms with Crippen LogP contribution in [-0.2, 0) is 11.3 Å². The van der Waals surface area contributed by atoms with E-state index in [1.165, 1.54) is 16.3 Å². The van der Waals surface area contributed by atoms with Gasteiger partial charge in [0.1, 0.15) is 11.0 Å². The highest BCUT2D eigenvalue weighted by atomic mass is 32.1. The zero-order valence-corrected chi connectivity index (χ0v) is 16.9. The first kappa shape index (κ1) is 18.6. The number of likely N-dealkylation sites (N-methyl/N-ethyl adjacent to an activating group) is 1. The number of amides is 1. The summed E-state index contributed by atoms with van der Waals surface area (Å²) in [7, 11) is 1.85. The Bertz CT molecular complexity index is 1080. The maximum Gasteiger partial charge on any atom is 0.277 e. The lowest BCUT2D eigenvalue weighted by atomic mass is 10.00. The van der Waals surface area contributed by atoms with E-state index in [1.807, 2.05) is 25.2 Å². The minimum absolute atomic E-state index is 0.117. The second-order valence-corrected chi connectivity index (χ2v) is 8.24. The molecule has 4 rings (SSSR count). The molecule has 2 N–H and O–H groups in total. The van der Waals surface area contributed by atoms with Gasteiger partial charge in [-0.2, -0.15) is 0 Å². The first-order valence-electron chi connectivity index (χ1n) is 9.51. The summed E-state index contributed by atoms with van der Waals surface area (Å²) in [4.78, 5) is 19.0. The Balaban J connectivity index is 1.39. The Morgan fingerprint density at radius 3 is 2.68 bits per heavy atom. The van der Waals surface area contributed by atoms with Crippen LogP contribution < -0.4 is 5.32 Å². The van der Waals surface area contributed by atoms with Crippen molar-refractivity contribution < 1.29 is 10.1 Å². The Kier molecular flexibility index (Phi) is 5.37. The zero-order chi connectivity index (χ0) is 19.5. The Labute approximate surface area is 168 Å². The monoisotopic (exact) mass is 390 g/mol. The molecule has 0 spiro atoms. The van der Waals surface area contributed by atoms with Crippen molar-refractivity contribution in [3.05, 3.63) is 77.3 Å². The van der Waals surface area contributed by atoms with Gasteiger partial charge in [0, 0.05) is 12.6 Å². The molecule has 0 aliphatic rings. The molecule has 0 unspecified atom stereocenters. The molecule has 3 aromatic carbocycles. The van der Waals surface area contributed by atoms with E-state index in [0.29, 0.717) is 13.1 Å². The Morgan fingerprint density at radius 1 is 1.07 bits per heavy atom. The highest BCUT2D eigenvalue weighted by molar-refractivity contribution is 7.18. The number of aromatic nitrogens is 1. The molecular weight excluding hydrogens is 366 g/mol. The second kappa shape index (κ2) is 8.09. The van der Waals surface area contributed by atoms with Crippen molar-refractivity contribution in [3.63, 3.8) is 0 Å². The molecule has 28 heavy (non-hydrogen) atoms. The fraction of sp³-hybridized carbons (Fsp3) is 0.217. The quantitative estimate of drug-likeness (QED) is 0.545. The standard InChI is InChI=1S/C23H23N3OS/c1-16(18-11-7-9-17-8-3-4-10-19(17)18)24-14-23(27)26(2)15-22-25-20-12-5-6-13-21(20)28-22/h3-13,16,24H,14-15H2,1-2H3/p+1/t16-/m0/s1. The lowest BCUT2D eigenvalue weighted by Crippen LogP contribution is -2.87. The zero-order valence-electron chi connectivity index (χ0n) is 16.1. The summed E-state index contributed by atoms with van der Waals surface area (Å²) in [6.07, 6.45) is 0. The third-order valence-electron chi connectivity index (χ3n) is 5.10. The van der Waals surface area contributed by atoms with Crippen molar-refractivity contribution >= 4 is 38.2 Å². The van der Waals surface area contributed by atoms with Crippen LogP contribution in [0.4, 0.5) is 0 Å². The van der Waals surface area contributed by atoms with Gasteiger partial charge in [0.15, 0.2) is 6.54 Å². The third kappa shape index (κ3) is 3.91. The molecule has 0 bridgehead atoms. The van der Waals surface area contributed by atoms with E-state index in [0.717, 1.165) is 15.2 Å². The van der Waals surface area contributed by atoms with E-state index in [2.05, 4.69) is 65.8 Å². The summed E-state index contributed by atoms with van der Waals surface area (Å²) in [6, 6.07) is 23.1. The van der Waals surface area contributed by atoms with Gasteiger partial charge in [-0.25, -0.2) is 4.98 Å². The minimum atomic E-state index is 0.117. The van der Waals surface area contributed by atoms with E-state index < -0.39 is 0 Å². The first-order chi connectivity index (χ1) is 13.6. The molecule has 4 aromatic rings. The summed E-state index contributed by atoms with van der Waals surface area (Å²) < 4.78 is 1.16. The number of nitrogens with two attached hydrogens (primary N) is 1. The van der Waals surface area contributed by atoms with E-state index in [9.17, 15) is 4.79 Å². The van der Waals surface area contributed by atoms with Crippen LogP contribution in [0.15, 0.2) is 66.7 Å². The molecule has 0 fully saturated rings. The minimum Gasteiger partial charge on any atom is -0.334 e. The Morgan fingerprint density at radius 2 is 1.82 bits per heavy atom. The fourth-order valence-electron chi connectivity index (χ4n) is 3.49. The predicted molar refractivity (Wildman–Crippen MR) is 115 cm³/mol. The molecule has 1 atom stereocenters. The van der Waals surface area contributed by atoms with Crippen molar-refractivity contribution in [2.45, 2.75) is 19.5 Å². The summed E-state index contributed by atoms with van der Waals surface area (Å²) in [5.41, 5.74) is 2.26. The molecule has 142 valence electrons. The summed E-state index contributed by atoms with van der Waals surface area (Å²) in [6.45, 7) is 3.13. The molecule has 0 aliphatic carbocycles. The molecule has 1 amide bonds. The molecule has 0 radical (unpaired) electrons. The maximum atomic E-state index is 12.6. The summed E-state index contributed by atoms with van der Waals surface area (Å²) >= 11 is 1.65. The number of quaternary nitrogens is 1. The number of hydrogen-bond donors (Lipinski definition) is 1. The van der Waals surface area contributed by atoms with Crippen LogP contribution >= 0.6 is 11.3 Å². The van der Waals surface area contributed by atoms with Crippen LogP contribution in [0.1, 0.15) is 23.5 Å². The summed E-state index contributed by atoms with van der Waals surface area (Å²) in [5.74, 6) is 0.117. The number of para-hydroxylation sites is 1. The van der Waals surface area contributed by atoms with Crippen molar-refractivity contribution in [3.8, 4) is 0 Å². The lowest BCUT2D eigenvalue weighted by Gasteiger charge is -2.17. The number of benzene rings is 3. The van der Waals surface area contributed by atoms with Gasteiger partial charge in [0.05, 0.1) is 16.8 Å². The van der Waals surface area contributed by atoms with Gasteiger partial charge in [0.2, 0.25) is 0 Å². The predicted octanol–water partition coefficient (Wildman–Crippen LogP) is 3.73. The second-order valence-electron chi connectivity index (χ2n) is 7.12. The molecule has 0 saturated carbocycles. The van der Waals surface area contributed by atoms with E-state index in [4.69, 9.17) is 0 Å². The van der Waals surface area contributed by atoms with Crippen LogP contribution in [0.3, 0.4) is 0 Å². The van der Waals surface area contributed by atoms with Gasteiger partial charge in [0.25, 0.3) is 5.91 Å². The van der Waals surface area contributed by atoms with Crippen LogP contribution in [0.25, 0.3) is 21.0 Å². The number of fused-ring (bicyclic) bond motifs is 2. The normalized spacial score (nSPS) is 12.4. The van der Waals surface area contributed by atoms with E-state index in [1.54, 1.807) is 16.2 Å². The van der Waals surface area contributed by atoms with Gasteiger partial charge < -0.3 is 10.2 Å². The fourth-order valence-corrected chi connectivity index (χ4v) is 4.51. The molecule has 0 saturated heterocycles. The van der Waals surface area contributed by atoms with E-state index >= 15 is 0 Å². The van der Waals surface area contributed by atoms with Crippen molar-refractivity contribution in [2.75, 3.05) is 13.6 Å². The molecule has 1 aromatic heterocycles. The molecule has 4 nitrogen and oxygen atoms in total. The van der Waals surface area contributed by atoms with Gasteiger partial charge in [-0.3, -0.25) is 4.79 Å². The Hall–Kier alpha value is -2.76. The van der Waals surface area contributed by atoms with Crippen LogP contribution in [0.2, 0.25) is 0 Å². The maximum absolute atomic E-state index is 12.6. The SMILES string of the molecule is C[C@H]([NH2+]CC(=O)N(C)Cc1nc2ccccc2s1)c1cccc2ccccc12. The average Bonchev–Trinajstić information content (AvgIpc) is 3.13. The van der Waals surface area contributed by atoms with Crippen LogP contribution in [-0.4, -0.2) is 29.4 Å². The van der Waals surface area contributed by atoms with Gasteiger partial charge in [-0.15, -0.1) is 11.3 Å². The highest BCUT2D eigenvalue weighted by Crippen LogP contribution is 2.23. The number of nitrogens with zero attached hydrogens (tertiary/aromatic N) is 2. The third-order valence-corrected chi connectivity index (χ3v) is 6.12. The van der Waals surface area contributed by atoms with Gasteiger partial charge in [-0.1, -0.05) is 54.6 Å². The molecule has 1 heterocycles. The topological polar surface area (TPSA) is 49.8 Å². The number of thiazole rings is 1. The van der Waals surface area contributed by atoms with Crippen molar-refractivity contribution in [1.29, 1.82) is 0 Å². The van der Waals surface area contributed by atoms with E-state index in [-0.39, 0.29) is 11.9 Å². The molecule has 0 aliphatic heterocycles.